The van der Waals surface area contributed by atoms with Crippen molar-refractivity contribution in [2.75, 3.05) is 5.32 Å². The summed E-state index contributed by atoms with van der Waals surface area (Å²) in [5.74, 6) is 0.328. The number of aromatic nitrogens is 2. The number of aromatic amines is 1. The van der Waals surface area contributed by atoms with E-state index in [4.69, 9.17) is 0 Å². The van der Waals surface area contributed by atoms with Crippen molar-refractivity contribution >= 4 is 16.7 Å². The van der Waals surface area contributed by atoms with Gasteiger partial charge in [0.05, 0.1) is 11.4 Å². The molecule has 26 heavy (non-hydrogen) atoms. The van der Waals surface area contributed by atoms with Gasteiger partial charge in [0.25, 0.3) is 5.52 Å². The zero-order valence-corrected chi connectivity index (χ0v) is 13.9. The molecule has 5 heteroatoms. The molecule has 128 valence electrons. The summed E-state index contributed by atoms with van der Waals surface area (Å²) < 4.78 is 14.5. The second kappa shape index (κ2) is 6.80. The van der Waals surface area contributed by atoms with Crippen molar-refractivity contribution in [1.82, 2.24) is 4.98 Å². The summed E-state index contributed by atoms with van der Waals surface area (Å²) in [6, 6.07) is 18.9. The van der Waals surface area contributed by atoms with Crippen LogP contribution in [0, 0.1) is 5.82 Å². The Kier molecular flexibility index (Phi) is 4.19. The quantitative estimate of drug-likeness (QED) is 0.585. The SMILES string of the molecule is Oc1c(C(Nc2ccccn2)c2ccccc2F)ccc2ccc[nH+]c12. The van der Waals surface area contributed by atoms with E-state index in [1.165, 1.54) is 6.07 Å². The Labute approximate surface area is 150 Å². The molecule has 0 radical (unpaired) electrons. The molecule has 1 atom stereocenters. The van der Waals surface area contributed by atoms with E-state index < -0.39 is 6.04 Å². The maximum absolute atomic E-state index is 14.5. The third kappa shape index (κ3) is 2.95. The van der Waals surface area contributed by atoms with Crippen molar-refractivity contribution in [1.29, 1.82) is 0 Å². The highest BCUT2D eigenvalue weighted by Gasteiger charge is 2.24. The Morgan fingerprint density at radius 2 is 1.77 bits per heavy atom. The third-order valence-corrected chi connectivity index (χ3v) is 4.33. The average molecular weight is 346 g/mol. The number of aromatic hydroxyl groups is 1. The lowest BCUT2D eigenvalue weighted by Gasteiger charge is -2.21. The molecule has 0 amide bonds. The van der Waals surface area contributed by atoms with E-state index in [1.54, 1.807) is 42.7 Å². The molecule has 2 heterocycles. The number of benzene rings is 2. The van der Waals surface area contributed by atoms with Crippen LogP contribution >= 0.6 is 0 Å². The van der Waals surface area contributed by atoms with E-state index >= 15 is 0 Å². The molecular weight excluding hydrogens is 329 g/mol. The molecule has 0 spiro atoms. The molecule has 0 aliphatic heterocycles. The molecule has 2 aromatic carbocycles. The summed E-state index contributed by atoms with van der Waals surface area (Å²) >= 11 is 0. The summed E-state index contributed by atoms with van der Waals surface area (Å²) in [4.78, 5) is 7.33. The Hall–Kier alpha value is -3.47. The number of rotatable bonds is 4. The van der Waals surface area contributed by atoms with Gasteiger partial charge in [-0.05, 0) is 30.3 Å². The van der Waals surface area contributed by atoms with Crippen LogP contribution in [0.25, 0.3) is 10.9 Å². The number of phenolic OH excluding ortho intramolecular Hbond substituents is 1. The van der Waals surface area contributed by atoms with Gasteiger partial charge in [0, 0.05) is 23.4 Å². The van der Waals surface area contributed by atoms with Gasteiger partial charge in [0.15, 0.2) is 11.9 Å². The number of phenols is 1. The number of nitrogens with zero attached hydrogens (tertiary/aromatic N) is 1. The highest BCUT2D eigenvalue weighted by molar-refractivity contribution is 5.83. The van der Waals surface area contributed by atoms with Crippen LogP contribution in [0.3, 0.4) is 0 Å². The largest absolute Gasteiger partial charge is 0.502 e. The highest BCUT2D eigenvalue weighted by Crippen LogP contribution is 2.36. The van der Waals surface area contributed by atoms with Crippen LogP contribution in [-0.4, -0.2) is 10.1 Å². The molecule has 0 fully saturated rings. The lowest BCUT2D eigenvalue weighted by Crippen LogP contribution is -2.16. The van der Waals surface area contributed by atoms with Crippen LogP contribution in [0.15, 0.2) is 79.1 Å². The first-order valence-corrected chi connectivity index (χ1v) is 8.28. The van der Waals surface area contributed by atoms with Crippen molar-refractivity contribution < 1.29 is 14.5 Å². The van der Waals surface area contributed by atoms with E-state index in [2.05, 4.69) is 15.3 Å². The van der Waals surface area contributed by atoms with Gasteiger partial charge < -0.3 is 10.4 Å². The molecule has 4 nitrogen and oxygen atoms in total. The first-order chi connectivity index (χ1) is 12.7. The van der Waals surface area contributed by atoms with Crippen molar-refractivity contribution in [3.05, 3.63) is 96.1 Å². The zero-order chi connectivity index (χ0) is 17.9. The Morgan fingerprint density at radius 3 is 2.58 bits per heavy atom. The third-order valence-electron chi connectivity index (χ3n) is 4.33. The van der Waals surface area contributed by atoms with Gasteiger partial charge in [-0.15, -0.1) is 0 Å². The highest BCUT2D eigenvalue weighted by atomic mass is 19.1. The lowest BCUT2D eigenvalue weighted by atomic mass is 9.96. The summed E-state index contributed by atoms with van der Waals surface area (Å²) in [5.41, 5.74) is 1.61. The second-order valence-corrected chi connectivity index (χ2v) is 5.95. The Balaban J connectivity index is 1.88. The topological polar surface area (TPSA) is 59.3 Å². The monoisotopic (exact) mass is 346 g/mol. The predicted molar refractivity (Wildman–Crippen MR) is 98.3 cm³/mol. The van der Waals surface area contributed by atoms with Crippen LogP contribution in [0.2, 0.25) is 0 Å². The first kappa shape index (κ1) is 16.0. The van der Waals surface area contributed by atoms with Crippen LogP contribution < -0.4 is 10.3 Å². The van der Waals surface area contributed by atoms with Crippen LogP contribution in [-0.2, 0) is 0 Å². The van der Waals surface area contributed by atoms with Crippen molar-refractivity contribution in [3.63, 3.8) is 0 Å². The predicted octanol–water partition coefficient (Wildman–Crippen LogP) is 4.10. The fourth-order valence-electron chi connectivity index (χ4n) is 3.06. The summed E-state index contributed by atoms with van der Waals surface area (Å²) in [6.45, 7) is 0. The number of hydrogen-bond donors (Lipinski definition) is 2. The standard InChI is InChI=1S/C21H16FN3O/c22-17-8-2-1-7-15(17)20(25-18-9-3-4-12-23-18)16-11-10-14-6-5-13-24-19(14)21(16)26/h1-13,20,26H,(H,23,25)/p+1. The van der Waals surface area contributed by atoms with Gasteiger partial charge in [-0.2, -0.15) is 0 Å². The smallest absolute Gasteiger partial charge is 0.253 e. The van der Waals surface area contributed by atoms with Gasteiger partial charge in [-0.25, -0.2) is 14.4 Å². The summed E-state index contributed by atoms with van der Waals surface area (Å²) in [5, 5.41) is 14.9. The normalized spacial score (nSPS) is 12.0. The average Bonchev–Trinajstić information content (AvgIpc) is 2.68. The molecule has 0 saturated heterocycles. The van der Waals surface area contributed by atoms with Crippen molar-refractivity contribution in [3.8, 4) is 5.75 Å². The van der Waals surface area contributed by atoms with Crippen molar-refractivity contribution in [2.45, 2.75) is 6.04 Å². The maximum atomic E-state index is 14.5. The molecule has 0 aliphatic rings. The van der Waals surface area contributed by atoms with Crippen LogP contribution in [0.1, 0.15) is 17.2 Å². The number of nitrogens with one attached hydrogen (secondary N) is 2. The number of hydrogen-bond acceptors (Lipinski definition) is 3. The molecule has 1 unspecified atom stereocenters. The number of fused-ring (bicyclic) bond motifs is 1. The van der Waals surface area contributed by atoms with Crippen molar-refractivity contribution in [2.24, 2.45) is 0 Å². The molecule has 0 bridgehead atoms. The fourth-order valence-corrected chi connectivity index (χ4v) is 3.06. The van der Waals surface area contributed by atoms with E-state index in [0.29, 0.717) is 22.5 Å². The minimum absolute atomic E-state index is 0.0831. The lowest BCUT2D eigenvalue weighted by molar-refractivity contribution is -0.345. The number of pyridine rings is 2. The molecule has 4 rings (SSSR count). The maximum Gasteiger partial charge on any atom is 0.253 e. The number of anilines is 1. The summed E-state index contributed by atoms with van der Waals surface area (Å²) in [7, 11) is 0. The van der Waals surface area contributed by atoms with Gasteiger partial charge in [-0.1, -0.05) is 30.3 Å². The second-order valence-electron chi connectivity index (χ2n) is 5.95. The Bertz CT molecular complexity index is 1050. The minimum atomic E-state index is -0.593. The van der Waals surface area contributed by atoms with E-state index in [1.807, 2.05) is 30.3 Å². The number of H-pyrrole nitrogens is 1. The molecule has 4 aromatic rings. The molecule has 0 aliphatic carbocycles. The van der Waals surface area contributed by atoms with Gasteiger partial charge in [0.1, 0.15) is 11.6 Å². The van der Waals surface area contributed by atoms with Gasteiger partial charge >= 0.3 is 0 Å². The molecular formula is C21H17FN3O+. The fraction of sp³-hybridized carbons (Fsp3) is 0.0476. The Morgan fingerprint density at radius 1 is 0.923 bits per heavy atom. The summed E-state index contributed by atoms with van der Waals surface area (Å²) in [6.07, 6.45) is 3.41. The molecule has 0 saturated carbocycles. The van der Waals surface area contributed by atoms with Gasteiger partial charge in [0.2, 0.25) is 0 Å². The van der Waals surface area contributed by atoms with E-state index in [9.17, 15) is 9.50 Å². The molecule has 2 aromatic heterocycles. The van der Waals surface area contributed by atoms with E-state index in [-0.39, 0.29) is 11.6 Å². The van der Waals surface area contributed by atoms with Crippen LogP contribution in [0.4, 0.5) is 10.2 Å². The molecule has 3 N–H and O–H groups in total. The first-order valence-electron chi connectivity index (χ1n) is 8.28. The zero-order valence-electron chi connectivity index (χ0n) is 13.9. The van der Waals surface area contributed by atoms with E-state index in [0.717, 1.165) is 5.39 Å². The minimum Gasteiger partial charge on any atom is -0.502 e. The number of halogens is 1. The van der Waals surface area contributed by atoms with Gasteiger partial charge in [-0.3, -0.25) is 0 Å². The van der Waals surface area contributed by atoms with Crippen LogP contribution in [0.5, 0.6) is 5.75 Å².